The van der Waals surface area contributed by atoms with E-state index in [4.69, 9.17) is 9.47 Å². The summed E-state index contributed by atoms with van der Waals surface area (Å²) in [6.45, 7) is 2.38. The minimum absolute atomic E-state index is 0.0155. The molecule has 0 aromatic carbocycles. The van der Waals surface area contributed by atoms with E-state index >= 15 is 0 Å². The number of carbonyl (C=O) groups is 1. The summed E-state index contributed by atoms with van der Waals surface area (Å²) in [6, 6.07) is 0. The fourth-order valence-electron chi connectivity index (χ4n) is 0.929. The standard InChI is InChI=1S/C7H12BrNO3/c8-3-7(10)9-4-6-5-11-1-2-12-6/h6H,1-5H2,(H,9,10). The van der Waals surface area contributed by atoms with E-state index in [1.165, 1.54) is 0 Å². The number of nitrogens with one attached hydrogen (secondary N) is 1. The van der Waals surface area contributed by atoms with Crippen LogP contribution in [0.25, 0.3) is 0 Å². The van der Waals surface area contributed by atoms with Crippen LogP contribution in [-0.2, 0) is 14.3 Å². The third-order valence-corrected chi connectivity index (χ3v) is 2.04. The van der Waals surface area contributed by atoms with E-state index in [9.17, 15) is 4.79 Å². The molecule has 1 heterocycles. The van der Waals surface area contributed by atoms with Crippen molar-refractivity contribution < 1.29 is 14.3 Å². The van der Waals surface area contributed by atoms with Crippen LogP contribution in [0.5, 0.6) is 0 Å². The predicted octanol–water partition coefficient (Wildman–Crippen LogP) is -0.0871. The van der Waals surface area contributed by atoms with Gasteiger partial charge in [-0.3, -0.25) is 4.79 Å². The van der Waals surface area contributed by atoms with Crippen molar-refractivity contribution in [3.05, 3.63) is 0 Å². The first kappa shape index (κ1) is 9.95. The van der Waals surface area contributed by atoms with Crippen LogP contribution in [0.3, 0.4) is 0 Å². The second-order valence-corrected chi connectivity index (χ2v) is 3.07. The van der Waals surface area contributed by atoms with Gasteiger partial charge in [0.2, 0.25) is 5.91 Å². The van der Waals surface area contributed by atoms with Gasteiger partial charge >= 0.3 is 0 Å². The van der Waals surface area contributed by atoms with Gasteiger partial charge in [0.25, 0.3) is 0 Å². The lowest BCUT2D eigenvalue weighted by atomic mass is 10.3. The SMILES string of the molecule is O=C(CBr)NCC1COCCO1. The summed E-state index contributed by atoms with van der Waals surface area (Å²) in [4.78, 5) is 10.8. The molecule has 1 N–H and O–H groups in total. The quantitative estimate of drug-likeness (QED) is 0.699. The highest BCUT2D eigenvalue weighted by Gasteiger charge is 2.14. The smallest absolute Gasteiger partial charge is 0.230 e. The minimum atomic E-state index is -0.0239. The van der Waals surface area contributed by atoms with Crippen molar-refractivity contribution in [3.63, 3.8) is 0 Å². The van der Waals surface area contributed by atoms with Gasteiger partial charge < -0.3 is 14.8 Å². The van der Waals surface area contributed by atoms with Crippen LogP contribution in [0, 0.1) is 0 Å². The van der Waals surface area contributed by atoms with Gasteiger partial charge in [-0.1, -0.05) is 15.9 Å². The second kappa shape index (κ2) is 5.50. The molecule has 0 saturated carbocycles. The van der Waals surface area contributed by atoms with E-state index in [0.29, 0.717) is 31.7 Å². The Morgan fingerprint density at radius 2 is 2.42 bits per heavy atom. The van der Waals surface area contributed by atoms with Gasteiger partial charge in [0, 0.05) is 6.54 Å². The van der Waals surface area contributed by atoms with Gasteiger partial charge in [-0.2, -0.15) is 0 Å². The Bertz CT molecular complexity index is 148. The lowest BCUT2D eigenvalue weighted by molar-refractivity contribution is -0.121. The Morgan fingerprint density at radius 1 is 1.58 bits per heavy atom. The molecule has 0 aromatic heterocycles. The summed E-state index contributed by atoms with van der Waals surface area (Å²) in [5.41, 5.74) is 0. The highest BCUT2D eigenvalue weighted by atomic mass is 79.9. The van der Waals surface area contributed by atoms with Crippen LogP contribution >= 0.6 is 15.9 Å². The van der Waals surface area contributed by atoms with Crippen LogP contribution < -0.4 is 5.32 Å². The topological polar surface area (TPSA) is 47.6 Å². The van der Waals surface area contributed by atoms with E-state index in [1.54, 1.807) is 0 Å². The van der Waals surface area contributed by atoms with Crippen LogP contribution in [0.4, 0.5) is 0 Å². The monoisotopic (exact) mass is 237 g/mol. The molecule has 0 aliphatic carbocycles. The molecule has 1 rings (SSSR count). The van der Waals surface area contributed by atoms with Crippen LogP contribution in [0.2, 0.25) is 0 Å². The number of ether oxygens (including phenoxy) is 2. The van der Waals surface area contributed by atoms with Crippen LogP contribution in [0.1, 0.15) is 0 Å². The van der Waals surface area contributed by atoms with Gasteiger partial charge in [-0.05, 0) is 0 Å². The lowest BCUT2D eigenvalue weighted by Crippen LogP contribution is -2.40. The van der Waals surface area contributed by atoms with Gasteiger partial charge in [0.05, 0.1) is 31.3 Å². The maximum absolute atomic E-state index is 10.8. The normalized spacial score (nSPS) is 23.6. The summed E-state index contributed by atoms with van der Waals surface area (Å²) in [5, 5.41) is 3.05. The molecule has 1 aliphatic heterocycles. The second-order valence-electron chi connectivity index (χ2n) is 2.51. The Labute approximate surface area is 79.7 Å². The molecule has 4 nitrogen and oxygen atoms in total. The van der Waals surface area contributed by atoms with Crippen molar-refractivity contribution in [3.8, 4) is 0 Å². The predicted molar refractivity (Wildman–Crippen MR) is 47.4 cm³/mol. The Hall–Kier alpha value is -0.130. The Morgan fingerprint density at radius 3 is 3.00 bits per heavy atom. The lowest BCUT2D eigenvalue weighted by Gasteiger charge is -2.22. The third-order valence-electron chi connectivity index (χ3n) is 1.53. The molecule has 1 unspecified atom stereocenters. The fraction of sp³-hybridized carbons (Fsp3) is 0.857. The summed E-state index contributed by atoms with van der Waals surface area (Å²) in [6.07, 6.45) is 0.0155. The van der Waals surface area contributed by atoms with E-state index in [-0.39, 0.29) is 12.0 Å². The first-order valence-corrected chi connectivity index (χ1v) is 4.97. The highest BCUT2D eigenvalue weighted by molar-refractivity contribution is 9.09. The van der Waals surface area contributed by atoms with Gasteiger partial charge in [0.1, 0.15) is 0 Å². The number of rotatable bonds is 3. The van der Waals surface area contributed by atoms with Crippen molar-refractivity contribution in [2.45, 2.75) is 6.10 Å². The molecule has 1 saturated heterocycles. The zero-order chi connectivity index (χ0) is 8.81. The molecular formula is C7H12BrNO3. The molecule has 0 aromatic rings. The number of amides is 1. The number of halogens is 1. The molecule has 1 aliphatic rings. The van der Waals surface area contributed by atoms with Crippen molar-refractivity contribution in [2.75, 3.05) is 31.7 Å². The third kappa shape index (κ3) is 3.51. The number of hydrogen-bond donors (Lipinski definition) is 1. The number of hydrogen-bond acceptors (Lipinski definition) is 3. The average Bonchev–Trinajstić information content (AvgIpc) is 2.16. The number of carbonyl (C=O) groups excluding carboxylic acids is 1. The molecule has 0 spiro atoms. The molecule has 0 radical (unpaired) electrons. The summed E-state index contributed by atoms with van der Waals surface area (Å²) >= 11 is 3.06. The summed E-state index contributed by atoms with van der Waals surface area (Å²) < 4.78 is 10.5. The van der Waals surface area contributed by atoms with Crippen molar-refractivity contribution >= 4 is 21.8 Å². The molecule has 1 fully saturated rings. The number of alkyl halides is 1. The fourth-order valence-corrected chi connectivity index (χ4v) is 1.13. The van der Waals surface area contributed by atoms with Crippen molar-refractivity contribution in [1.29, 1.82) is 0 Å². The molecule has 12 heavy (non-hydrogen) atoms. The maximum Gasteiger partial charge on any atom is 0.230 e. The van der Waals surface area contributed by atoms with Gasteiger partial charge in [-0.25, -0.2) is 0 Å². The van der Waals surface area contributed by atoms with Crippen molar-refractivity contribution in [1.82, 2.24) is 5.32 Å². The van der Waals surface area contributed by atoms with Gasteiger partial charge in [0.15, 0.2) is 0 Å². The first-order chi connectivity index (χ1) is 5.83. The van der Waals surface area contributed by atoms with E-state index < -0.39 is 0 Å². The molecule has 1 amide bonds. The summed E-state index contributed by atoms with van der Waals surface area (Å²) in [7, 11) is 0. The molecule has 5 heteroatoms. The largest absolute Gasteiger partial charge is 0.376 e. The zero-order valence-electron chi connectivity index (χ0n) is 6.72. The highest BCUT2D eigenvalue weighted by Crippen LogP contribution is 1.98. The molecular weight excluding hydrogens is 226 g/mol. The maximum atomic E-state index is 10.8. The van der Waals surface area contributed by atoms with Gasteiger partial charge in [-0.15, -0.1) is 0 Å². The van der Waals surface area contributed by atoms with Crippen LogP contribution in [-0.4, -0.2) is 43.7 Å². The Balaban J connectivity index is 2.09. The molecule has 70 valence electrons. The summed E-state index contributed by atoms with van der Waals surface area (Å²) in [5.74, 6) is -0.0239. The first-order valence-electron chi connectivity index (χ1n) is 3.85. The van der Waals surface area contributed by atoms with E-state index in [2.05, 4.69) is 21.2 Å². The minimum Gasteiger partial charge on any atom is -0.376 e. The van der Waals surface area contributed by atoms with Crippen LogP contribution in [0.15, 0.2) is 0 Å². The van der Waals surface area contributed by atoms with E-state index in [1.807, 2.05) is 0 Å². The molecule has 1 atom stereocenters. The molecule has 0 bridgehead atoms. The zero-order valence-corrected chi connectivity index (χ0v) is 8.30. The Kier molecular flexibility index (Phi) is 4.57. The van der Waals surface area contributed by atoms with Crippen molar-refractivity contribution in [2.24, 2.45) is 0 Å². The average molecular weight is 238 g/mol. The van der Waals surface area contributed by atoms with E-state index in [0.717, 1.165) is 0 Å².